The predicted octanol–water partition coefficient (Wildman–Crippen LogP) is 1.26. The summed E-state index contributed by atoms with van der Waals surface area (Å²) in [6.07, 6.45) is -0.137. The van der Waals surface area contributed by atoms with Crippen LogP contribution in [0.1, 0.15) is 22.1 Å². The molecule has 0 radical (unpaired) electrons. The van der Waals surface area contributed by atoms with Gasteiger partial charge in [-0.15, -0.1) is 0 Å². The number of cyclic esters (lactones) is 1. The molecule has 0 unspecified atom stereocenters. The average Bonchev–Trinajstić information content (AvgIpc) is 2.93. The second kappa shape index (κ2) is 5.46. The summed E-state index contributed by atoms with van der Waals surface area (Å²) in [5.41, 5.74) is 3.03. The Kier molecular flexibility index (Phi) is 3.31. The second-order valence-corrected chi connectivity index (χ2v) is 5.85. The molecule has 2 aromatic rings. The van der Waals surface area contributed by atoms with E-state index in [0.717, 1.165) is 37.3 Å². The molecule has 1 N–H and O–H groups in total. The molecule has 4 rings (SSSR count). The van der Waals surface area contributed by atoms with E-state index in [-0.39, 0.29) is 12.2 Å². The zero-order chi connectivity index (χ0) is 14.9. The number of benzene rings is 2. The Labute approximate surface area is 129 Å². The van der Waals surface area contributed by atoms with Crippen LogP contribution in [0.3, 0.4) is 0 Å². The standard InChI is InChI=1S/C18H18N2O2/c21-18-16-9-5-4-8-15(16)17(22-18)20-12-10-19(11-13-20)14-6-2-1-3-7-14/h1-9,17H,10-13H2/p+1/t17-/m0/s1. The number of fused-ring (bicyclic) bond motifs is 1. The number of piperazine rings is 1. The second-order valence-electron chi connectivity index (χ2n) is 5.85. The quantitative estimate of drug-likeness (QED) is 0.847. The highest BCUT2D eigenvalue weighted by Gasteiger charge is 2.39. The zero-order valence-corrected chi connectivity index (χ0v) is 12.4. The Hall–Kier alpha value is -2.33. The number of carbonyl (C=O) groups excluding carboxylic acids is 1. The van der Waals surface area contributed by atoms with E-state index < -0.39 is 0 Å². The number of esters is 1. The van der Waals surface area contributed by atoms with Crippen molar-refractivity contribution in [3.63, 3.8) is 0 Å². The first-order chi connectivity index (χ1) is 10.8. The molecule has 2 aliphatic rings. The molecule has 1 atom stereocenters. The van der Waals surface area contributed by atoms with Crippen molar-refractivity contribution < 1.29 is 14.4 Å². The topological polar surface area (TPSA) is 34.0 Å². The number of hydrogen-bond acceptors (Lipinski definition) is 3. The Morgan fingerprint density at radius 3 is 2.41 bits per heavy atom. The number of rotatable bonds is 2. The molecule has 2 aromatic carbocycles. The van der Waals surface area contributed by atoms with E-state index in [1.165, 1.54) is 10.6 Å². The summed E-state index contributed by atoms with van der Waals surface area (Å²) in [6.45, 7) is 3.91. The first-order valence-corrected chi connectivity index (χ1v) is 7.77. The number of quaternary nitrogens is 1. The van der Waals surface area contributed by atoms with E-state index in [2.05, 4.69) is 29.2 Å². The molecule has 0 amide bonds. The molecule has 2 heterocycles. The average molecular weight is 295 g/mol. The lowest BCUT2D eigenvalue weighted by molar-refractivity contribution is -0.952. The summed E-state index contributed by atoms with van der Waals surface area (Å²) in [5, 5.41) is 0. The minimum Gasteiger partial charge on any atom is -0.404 e. The molecule has 2 aliphatic heterocycles. The van der Waals surface area contributed by atoms with E-state index in [1.54, 1.807) is 0 Å². The van der Waals surface area contributed by atoms with Gasteiger partial charge in [0, 0.05) is 5.69 Å². The van der Waals surface area contributed by atoms with Gasteiger partial charge in [-0.05, 0) is 24.3 Å². The smallest absolute Gasteiger partial charge is 0.343 e. The molecule has 0 aliphatic carbocycles. The molecule has 0 bridgehead atoms. The van der Waals surface area contributed by atoms with Crippen molar-refractivity contribution in [2.45, 2.75) is 6.23 Å². The Balaban J connectivity index is 1.48. The van der Waals surface area contributed by atoms with Crippen LogP contribution in [-0.2, 0) is 4.74 Å². The maximum absolute atomic E-state index is 12.0. The van der Waals surface area contributed by atoms with E-state index in [0.29, 0.717) is 0 Å². The van der Waals surface area contributed by atoms with Gasteiger partial charge in [0.1, 0.15) is 0 Å². The van der Waals surface area contributed by atoms with Crippen LogP contribution in [0.5, 0.6) is 0 Å². The van der Waals surface area contributed by atoms with Crippen molar-refractivity contribution in [2.24, 2.45) is 0 Å². The van der Waals surface area contributed by atoms with Gasteiger partial charge in [-0.1, -0.05) is 30.3 Å². The van der Waals surface area contributed by atoms with Gasteiger partial charge in [-0.2, -0.15) is 0 Å². The lowest BCUT2D eigenvalue weighted by Gasteiger charge is -2.35. The molecular weight excluding hydrogens is 276 g/mol. The normalized spacial score (nSPS) is 21.5. The lowest BCUT2D eigenvalue weighted by Crippen LogP contribution is -3.15. The fourth-order valence-corrected chi connectivity index (χ4v) is 3.40. The summed E-state index contributed by atoms with van der Waals surface area (Å²) in [5.74, 6) is -0.182. The highest BCUT2D eigenvalue weighted by molar-refractivity contribution is 5.93. The van der Waals surface area contributed by atoms with Crippen molar-refractivity contribution >= 4 is 11.7 Å². The molecule has 4 nitrogen and oxygen atoms in total. The molecule has 0 saturated carbocycles. The van der Waals surface area contributed by atoms with Crippen LogP contribution in [0.2, 0.25) is 0 Å². The number of nitrogens with zero attached hydrogens (tertiary/aromatic N) is 1. The molecule has 22 heavy (non-hydrogen) atoms. The lowest BCUT2D eigenvalue weighted by atomic mass is 10.1. The van der Waals surface area contributed by atoms with Gasteiger partial charge in [0.25, 0.3) is 6.23 Å². The van der Waals surface area contributed by atoms with Crippen LogP contribution >= 0.6 is 0 Å². The highest BCUT2D eigenvalue weighted by Crippen LogP contribution is 2.26. The Bertz CT molecular complexity index is 678. The molecule has 1 saturated heterocycles. The third-order valence-electron chi connectivity index (χ3n) is 4.59. The summed E-state index contributed by atoms with van der Waals surface area (Å²) < 4.78 is 5.62. The largest absolute Gasteiger partial charge is 0.404 e. The maximum Gasteiger partial charge on any atom is 0.343 e. The predicted molar refractivity (Wildman–Crippen MR) is 84.0 cm³/mol. The van der Waals surface area contributed by atoms with E-state index in [4.69, 9.17) is 4.74 Å². The summed E-state index contributed by atoms with van der Waals surface area (Å²) >= 11 is 0. The zero-order valence-electron chi connectivity index (χ0n) is 12.4. The van der Waals surface area contributed by atoms with E-state index >= 15 is 0 Å². The molecular formula is C18H19N2O2+. The van der Waals surface area contributed by atoms with Crippen LogP contribution in [0.15, 0.2) is 54.6 Å². The first-order valence-electron chi connectivity index (χ1n) is 7.77. The van der Waals surface area contributed by atoms with Gasteiger partial charge >= 0.3 is 5.97 Å². The van der Waals surface area contributed by atoms with Crippen molar-refractivity contribution in [3.8, 4) is 0 Å². The summed E-state index contributed by atoms with van der Waals surface area (Å²) in [6, 6.07) is 18.2. The van der Waals surface area contributed by atoms with Crippen molar-refractivity contribution in [1.82, 2.24) is 0 Å². The molecule has 0 spiro atoms. The molecule has 112 valence electrons. The third kappa shape index (κ3) is 2.25. The van der Waals surface area contributed by atoms with Gasteiger partial charge in [0.15, 0.2) is 0 Å². The fraction of sp³-hybridized carbons (Fsp3) is 0.278. The number of hydrogen-bond donors (Lipinski definition) is 1. The fourth-order valence-electron chi connectivity index (χ4n) is 3.40. The van der Waals surface area contributed by atoms with Crippen LogP contribution in [-0.4, -0.2) is 32.1 Å². The van der Waals surface area contributed by atoms with Crippen LogP contribution in [0, 0.1) is 0 Å². The van der Waals surface area contributed by atoms with Crippen LogP contribution in [0.25, 0.3) is 0 Å². The molecule has 0 aromatic heterocycles. The van der Waals surface area contributed by atoms with Gasteiger partial charge in [0.05, 0.1) is 37.3 Å². The SMILES string of the molecule is O=C1O[C@H]([NH+]2CCN(c3ccccc3)CC2)c2ccccc21. The van der Waals surface area contributed by atoms with Gasteiger partial charge in [-0.3, -0.25) is 4.90 Å². The van der Waals surface area contributed by atoms with Crippen molar-refractivity contribution in [3.05, 3.63) is 65.7 Å². The number of ether oxygens (including phenoxy) is 1. The Morgan fingerprint density at radius 1 is 0.955 bits per heavy atom. The number of para-hydroxylation sites is 1. The number of anilines is 1. The summed E-state index contributed by atoms with van der Waals surface area (Å²) in [4.78, 5) is 15.7. The summed E-state index contributed by atoms with van der Waals surface area (Å²) in [7, 11) is 0. The molecule has 4 heteroatoms. The van der Waals surface area contributed by atoms with E-state index in [9.17, 15) is 4.79 Å². The monoisotopic (exact) mass is 295 g/mol. The minimum atomic E-state index is -0.182. The highest BCUT2D eigenvalue weighted by atomic mass is 16.6. The number of carbonyl (C=O) groups is 1. The van der Waals surface area contributed by atoms with Gasteiger partial charge in [-0.25, -0.2) is 4.79 Å². The van der Waals surface area contributed by atoms with Crippen LogP contribution < -0.4 is 9.80 Å². The third-order valence-corrected chi connectivity index (χ3v) is 4.59. The minimum absolute atomic E-state index is 0.137. The Morgan fingerprint density at radius 2 is 1.64 bits per heavy atom. The number of nitrogens with one attached hydrogen (secondary N) is 1. The van der Waals surface area contributed by atoms with Gasteiger partial charge in [0.2, 0.25) is 0 Å². The first kappa shape index (κ1) is 13.3. The van der Waals surface area contributed by atoms with Gasteiger partial charge < -0.3 is 9.64 Å². The van der Waals surface area contributed by atoms with Crippen LogP contribution in [0.4, 0.5) is 5.69 Å². The molecule has 1 fully saturated rings. The van der Waals surface area contributed by atoms with Crippen molar-refractivity contribution in [1.29, 1.82) is 0 Å². The van der Waals surface area contributed by atoms with Crippen molar-refractivity contribution in [2.75, 3.05) is 31.1 Å². The maximum atomic E-state index is 12.0. The van der Waals surface area contributed by atoms with E-state index in [1.807, 2.05) is 30.3 Å².